The molecule has 0 radical (unpaired) electrons. The highest BCUT2D eigenvalue weighted by Gasteiger charge is 2.28. The van der Waals surface area contributed by atoms with Crippen molar-refractivity contribution in [1.82, 2.24) is 4.72 Å². The lowest BCUT2D eigenvalue weighted by atomic mass is 10.2. The Hall–Kier alpha value is -2.30. The van der Waals surface area contributed by atoms with Gasteiger partial charge in [0, 0.05) is 17.0 Å². The van der Waals surface area contributed by atoms with E-state index in [-0.39, 0.29) is 16.6 Å². The number of thioether (sulfide) groups is 1. The summed E-state index contributed by atoms with van der Waals surface area (Å²) in [6.07, 6.45) is 0.0954. The molecule has 2 aromatic rings. The third-order valence-electron chi connectivity index (χ3n) is 4.05. The predicted octanol–water partition coefficient (Wildman–Crippen LogP) is 4.43. The second kappa shape index (κ2) is 9.23. The maximum Gasteiger partial charge on any atom is 0.398 e. The number of sulfonamides is 1. The number of halogens is 3. The standard InChI is InChI=1S/C20H19F3N2O3S2/c21-20(22,23)13-29-18-4-2-1-3-17(18)24-19(26)12-7-14-5-10-16(11-6-14)30(27,28)25-15-8-9-15/h1-7,10-12,15,25H,8-9,13H2,(H,24,26)/b12-7+. The van der Waals surface area contributed by atoms with E-state index in [1.165, 1.54) is 36.4 Å². The molecule has 3 rings (SSSR count). The van der Waals surface area contributed by atoms with E-state index in [1.807, 2.05) is 0 Å². The van der Waals surface area contributed by atoms with Crippen molar-refractivity contribution in [3.8, 4) is 0 Å². The van der Waals surface area contributed by atoms with Crippen LogP contribution >= 0.6 is 11.8 Å². The van der Waals surface area contributed by atoms with Crippen LogP contribution in [0.25, 0.3) is 6.08 Å². The molecule has 0 aromatic heterocycles. The summed E-state index contributed by atoms with van der Waals surface area (Å²) in [5.74, 6) is -1.57. The summed E-state index contributed by atoms with van der Waals surface area (Å²) in [6, 6.07) is 12.3. The number of rotatable bonds is 8. The third kappa shape index (κ3) is 6.89. The van der Waals surface area contributed by atoms with Gasteiger partial charge in [0.25, 0.3) is 0 Å². The van der Waals surface area contributed by atoms with Gasteiger partial charge in [-0.25, -0.2) is 13.1 Å². The molecule has 160 valence electrons. The maximum absolute atomic E-state index is 12.5. The Labute approximate surface area is 176 Å². The zero-order valence-corrected chi connectivity index (χ0v) is 17.3. The van der Waals surface area contributed by atoms with Gasteiger partial charge in [-0.05, 0) is 48.7 Å². The molecule has 1 saturated carbocycles. The van der Waals surface area contributed by atoms with Gasteiger partial charge >= 0.3 is 6.18 Å². The number of alkyl halides is 3. The Morgan fingerprint density at radius 1 is 1.10 bits per heavy atom. The number of amides is 1. The average Bonchev–Trinajstić information content (AvgIpc) is 3.49. The van der Waals surface area contributed by atoms with Gasteiger partial charge in [0.2, 0.25) is 15.9 Å². The van der Waals surface area contributed by atoms with E-state index in [0.717, 1.165) is 12.8 Å². The Balaban J connectivity index is 1.61. The highest BCUT2D eigenvalue weighted by Crippen LogP contribution is 2.32. The van der Waals surface area contributed by atoms with Crippen molar-refractivity contribution in [1.29, 1.82) is 0 Å². The second-order valence-electron chi connectivity index (χ2n) is 6.69. The molecular weight excluding hydrogens is 437 g/mol. The van der Waals surface area contributed by atoms with Crippen LogP contribution in [0.2, 0.25) is 0 Å². The first-order chi connectivity index (χ1) is 14.1. The van der Waals surface area contributed by atoms with Crippen LogP contribution in [0.15, 0.2) is 64.4 Å². The Kier molecular flexibility index (Phi) is 6.89. The quantitative estimate of drug-likeness (QED) is 0.455. The molecule has 1 aliphatic rings. The van der Waals surface area contributed by atoms with E-state index in [9.17, 15) is 26.4 Å². The fourth-order valence-corrected chi connectivity index (χ4v) is 4.52. The summed E-state index contributed by atoms with van der Waals surface area (Å²) in [5.41, 5.74) is 0.893. The van der Waals surface area contributed by atoms with Gasteiger partial charge in [0.05, 0.1) is 16.3 Å². The summed E-state index contributed by atoms with van der Waals surface area (Å²) in [7, 11) is -3.54. The third-order valence-corrected chi connectivity index (χ3v) is 6.73. The van der Waals surface area contributed by atoms with E-state index in [2.05, 4.69) is 10.0 Å². The number of para-hydroxylation sites is 1. The van der Waals surface area contributed by atoms with Gasteiger partial charge in [-0.3, -0.25) is 4.79 Å². The molecule has 2 N–H and O–H groups in total. The summed E-state index contributed by atoms with van der Waals surface area (Å²) in [5, 5.41) is 2.56. The molecule has 0 aliphatic heterocycles. The molecule has 10 heteroatoms. The smallest absolute Gasteiger partial charge is 0.321 e. The minimum Gasteiger partial charge on any atom is -0.321 e. The minimum atomic E-state index is -4.31. The lowest BCUT2D eigenvalue weighted by Crippen LogP contribution is -2.25. The molecule has 0 atom stereocenters. The monoisotopic (exact) mass is 456 g/mol. The predicted molar refractivity (Wildman–Crippen MR) is 111 cm³/mol. The first-order valence-corrected chi connectivity index (χ1v) is 11.5. The van der Waals surface area contributed by atoms with E-state index in [4.69, 9.17) is 0 Å². The summed E-state index contributed by atoms with van der Waals surface area (Å²) in [4.78, 5) is 12.6. The first kappa shape index (κ1) is 22.4. The minimum absolute atomic E-state index is 0.00967. The summed E-state index contributed by atoms with van der Waals surface area (Å²) >= 11 is 0.596. The number of hydrogen-bond acceptors (Lipinski definition) is 4. The number of hydrogen-bond donors (Lipinski definition) is 2. The Morgan fingerprint density at radius 2 is 1.77 bits per heavy atom. The lowest BCUT2D eigenvalue weighted by Gasteiger charge is -2.10. The first-order valence-electron chi connectivity index (χ1n) is 9.02. The zero-order valence-electron chi connectivity index (χ0n) is 15.6. The topological polar surface area (TPSA) is 75.3 Å². The number of nitrogens with one attached hydrogen (secondary N) is 2. The zero-order chi connectivity index (χ0) is 21.8. The highest BCUT2D eigenvalue weighted by atomic mass is 32.2. The SMILES string of the molecule is O=C(/C=C/c1ccc(S(=O)(=O)NC2CC2)cc1)Nc1ccccc1SCC(F)(F)F. The molecule has 0 heterocycles. The van der Waals surface area contributed by atoms with Gasteiger partial charge in [-0.1, -0.05) is 24.3 Å². The van der Waals surface area contributed by atoms with Crippen LogP contribution in [-0.2, 0) is 14.8 Å². The fourth-order valence-electron chi connectivity index (χ4n) is 2.45. The van der Waals surface area contributed by atoms with Crippen molar-refractivity contribution in [3.63, 3.8) is 0 Å². The molecule has 1 fully saturated rings. The van der Waals surface area contributed by atoms with Crippen LogP contribution in [0.4, 0.5) is 18.9 Å². The van der Waals surface area contributed by atoms with E-state index in [1.54, 1.807) is 24.3 Å². The molecule has 0 spiro atoms. The van der Waals surface area contributed by atoms with Gasteiger partial charge in [0.15, 0.2) is 0 Å². The van der Waals surface area contributed by atoms with Crippen molar-refractivity contribution in [2.24, 2.45) is 0 Å². The lowest BCUT2D eigenvalue weighted by molar-refractivity contribution is -0.112. The van der Waals surface area contributed by atoms with Gasteiger partial charge < -0.3 is 5.32 Å². The van der Waals surface area contributed by atoms with Crippen LogP contribution in [0, 0.1) is 0 Å². The Morgan fingerprint density at radius 3 is 2.40 bits per heavy atom. The molecule has 0 saturated heterocycles. The van der Waals surface area contributed by atoms with Crippen LogP contribution in [0.5, 0.6) is 0 Å². The van der Waals surface area contributed by atoms with Gasteiger partial charge in [-0.2, -0.15) is 13.2 Å². The highest BCUT2D eigenvalue weighted by molar-refractivity contribution is 7.99. The van der Waals surface area contributed by atoms with E-state index >= 15 is 0 Å². The van der Waals surface area contributed by atoms with Crippen molar-refractivity contribution in [3.05, 3.63) is 60.2 Å². The second-order valence-corrected chi connectivity index (χ2v) is 9.42. The molecule has 0 bridgehead atoms. The van der Waals surface area contributed by atoms with Gasteiger partial charge in [-0.15, -0.1) is 11.8 Å². The molecule has 2 aromatic carbocycles. The Bertz CT molecular complexity index is 1030. The largest absolute Gasteiger partial charge is 0.398 e. The van der Waals surface area contributed by atoms with Crippen LogP contribution in [-0.4, -0.2) is 32.3 Å². The van der Waals surface area contributed by atoms with Crippen LogP contribution in [0.1, 0.15) is 18.4 Å². The van der Waals surface area contributed by atoms with Crippen LogP contribution in [0.3, 0.4) is 0 Å². The van der Waals surface area contributed by atoms with E-state index in [0.29, 0.717) is 22.2 Å². The molecule has 1 aliphatic carbocycles. The van der Waals surface area contributed by atoms with Crippen molar-refractivity contribution in [2.45, 2.75) is 34.9 Å². The molecule has 30 heavy (non-hydrogen) atoms. The number of anilines is 1. The van der Waals surface area contributed by atoms with Crippen LogP contribution < -0.4 is 10.0 Å². The average molecular weight is 457 g/mol. The molecule has 1 amide bonds. The number of carbonyl (C=O) groups is 1. The normalized spacial score (nSPS) is 14.8. The van der Waals surface area contributed by atoms with Crippen molar-refractivity contribution >= 4 is 39.5 Å². The number of carbonyl (C=O) groups excluding carboxylic acids is 1. The molecule has 5 nitrogen and oxygen atoms in total. The van der Waals surface area contributed by atoms with Crippen molar-refractivity contribution < 1.29 is 26.4 Å². The maximum atomic E-state index is 12.5. The molecular formula is C20H19F3N2O3S2. The summed E-state index contributed by atoms with van der Waals surface area (Å²) < 4.78 is 64.2. The van der Waals surface area contributed by atoms with Gasteiger partial charge in [0.1, 0.15) is 0 Å². The fraction of sp³-hybridized carbons (Fsp3) is 0.250. The van der Waals surface area contributed by atoms with Crippen molar-refractivity contribution in [2.75, 3.05) is 11.1 Å². The number of benzene rings is 2. The molecule has 0 unspecified atom stereocenters. The summed E-state index contributed by atoms with van der Waals surface area (Å²) in [6.45, 7) is 0. The van der Waals surface area contributed by atoms with E-state index < -0.39 is 27.9 Å².